The van der Waals surface area contributed by atoms with Gasteiger partial charge in [0.1, 0.15) is 17.4 Å². The van der Waals surface area contributed by atoms with Crippen LogP contribution >= 0.6 is 0 Å². The summed E-state index contributed by atoms with van der Waals surface area (Å²) >= 11 is 0. The first-order chi connectivity index (χ1) is 14.7. The molecule has 1 aromatic heterocycles. The molecule has 3 atom stereocenters. The van der Waals surface area contributed by atoms with E-state index >= 15 is 0 Å². The Balaban J connectivity index is 1.54. The highest BCUT2D eigenvalue weighted by Gasteiger charge is 2.38. The molecule has 3 unspecified atom stereocenters. The number of aromatic nitrogens is 2. The first-order valence-electron chi connectivity index (χ1n) is 10.5. The Kier molecular flexibility index (Phi) is 4.87. The zero-order valence-corrected chi connectivity index (χ0v) is 17.3. The zero-order chi connectivity index (χ0) is 20.7. The zero-order valence-electron chi connectivity index (χ0n) is 17.3. The number of nitrogens with one attached hydrogen (secondary N) is 1. The number of hydrogen-bond acceptors (Lipinski definition) is 6. The normalized spacial score (nSPS) is 22.8. The lowest BCUT2D eigenvalue weighted by atomic mass is 9.99. The highest BCUT2D eigenvalue weighted by atomic mass is 16.5. The molecule has 2 N–H and O–H groups in total. The molecule has 154 valence electrons. The number of anilines is 1. The lowest BCUT2D eigenvalue weighted by Gasteiger charge is -2.17. The van der Waals surface area contributed by atoms with Crippen LogP contribution < -0.4 is 10.1 Å². The van der Waals surface area contributed by atoms with Crippen LogP contribution in [0.1, 0.15) is 42.5 Å². The van der Waals surface area contributed by atoms with Gasteiger partial charge in [0.2, 0.25) is 0 Å². The average Bonchev–Trinajstić information content (AvgIpc) is 3.54. The molecule has 0 bridgehead atoms. The number of hydrogen-bond donors (Lipinski definition) is 2. The highest BCUT2D eigenvalue weighted by Crippen LogP contribution is 2.45. The summed E-state index contributed by atoms with van der Waals surface area (Å²) in [6.07, 6.45) is 4.67. The van der Waals surface area contributed by atoms with E-state index in [9.17, 15) is 5.11 Å². The Morgan fingerprint density at radius 3 is 2.60 bits per heavy atom. The van der Waals surface area contributed by atoms with Crippen molar-refractivity contribution in [1.29, 1.82) is 0 Å². The monoisotopic (exact) mass is 402 g/mol. The van der Waals surface area contributed by atoms with E-state index in [1.807, 2.05) is 19.3 Å². The van der Waals surface area contributed by atoms with Crippen molar-refractivity contribution in [2.75, 3.05) is 26.0 Å². The van der Waals surface area contributed by atoms with Gasteiger partial charge >= 0.3 is 0 Å². The smallest absolute Gasteiger partial charge is 0.139 e. The SMILES string of the molecule is CNc1nc(C2C=NCCC2)nc2ccc(-c3ccc(C4CC4O)c(OC)c3)cc12. The Morgan fingerprint density at radius 2 is 1.90 bits per heavy atom. The molecule has 1 aliphatic carbocycles. The largest absolute Gasteiger partial charge is 0.496 e. The summed E-state index contributed by atoms with van der Waals surface area (Å²) in [7, 11) is 3.58. The van der Waals surface area contributed by atoms with Crippen LogP contribution in [-0.4, -0.2) is 48.1 Å². The van der Waals surface area contributed by atoms with Crippen molar-refractivity contribution in [3.05, 3.63) is 47.8 Å². The van der Waals surface area contributed by atoms with Crippen LogP contribution in [0.3, 0.4) is 0 Å². The Bertz CT molecular complexity index is 1130. The molecule has 0 amide bonds. The van der Waals surface area contributed by atoms with Crippen molar-refractivity contribution >= 4 is 22.9 Å². The average molecular weight is 402 g/mol. The third-order valence-corrected chi connectivity index (χ3v) is 6.09. The maximum absolute atomic E-state index is 9.79. The Morgan fingerprint density at radius 1 is 1.10 bits per heavy atom. The van der Waals surface area contributed by atoms with Gasteiger partial charge in [-0.15, -0.1) is 0 Å². The van der Waals surface area contributed by atoms with E-state index in [-0.39, 0.29) is 17.9 Å². The minimum Gasteiger partial charge on any atom is -0.496 e. The number of aliphatic imine (C=N–C) groups is 1. The summed E-state index contributed by atoms with van der Waals surface area (Å²) < 4.78 is 5.61. The molecular weight excluding hydrogens is 376 g/mol. The molecule has 1 aliphatic heterocycles. The molecule has 2 aliphatic rings. The van der Waals surface area contributed by atoms with Crippen molar-refractivity contribution in [3.63, 3.8) is 0 Å². The van der Waals surface area contributed by atoms with Crippen LogP contribution in [0.25, 0.3) is 22.0 Å². The van der Waals surface area contributed by atoms with Gasteiger partial charge in [0, 0.05) is 31.1 Å². The van der Waals surface area contributed by atoms with Crippen LogP contribution in [0.2, 0.25) is 0 Å². The number of aliphatic hydroxyl groups excluding tert-OH is 1. The topological polar surface area (TPSA) is 79.6 Å². The molecule has 30 heavy (non-hydrogen) atoms. The molecule has 6 nitrogen and oxygen atoms in total. The van der Waals surface area contributed by atoms with Crippen molar-refractivity contribution in [2.24, 2.45) is 4.99 Å². The van der Waals surface area contributed by atoms with Gasteiger partial charge in [-0.05, 0) is 54.2 Å². The predicted octanol–water partition coefficient (Wildman–Crippen LogP) is 4.14. The van der Waals surface area contributed by atoms with Crippen LogP contribution in [0, 0.1) is 0 Å². The van der Waals surface area contributed by atoms with Crippen LogP contribution in [0.5, 0.6) is 5.75 Å². The quantitative estimate of drug-likeness (QED) is 0.670. The molecule has 3 aromatic rings. The first-order valence-corrected chi connectivity index (χ1v) is 10.5. The van der Waals surface area contributed by atoms with Gasteiger partial charge in [-0.25, -0.2) is 9.97 Å². The molecule has 5 rings (SSSR count). The number of rotatable bonds is 5. The number of fused-ring (bicyclic) bond motifs is 1. The number of ether oxygens (including phenoxy) is 1. The summed E-state index contributed by atoms with van der Waals surface area (Å²) in [4.78, 5) is 14.1. The van der Waals surface area contributed by atoms with E-state index in [4.69, 9.17) is 14.7 Å². The Labute approximate surface area is 176 Å². The fourth-order valence-corrected chi connectivity index (χ4v) is 4.27. The standard InChI is InChI=1S/C24H26N4O2/c1-25-24-19-10-14(15-5-7-17(18-12-21(18)29)22(11-15)30-2)6-8-20(19)27-23(28-24)16-4-3-9-26-13-16/h5-8,10-11,13,16,18,21,29H,3-4,9,12H2,1-2H3,(H,25,27,28). The maximum atomic E-state index is 9.79. The Hall–Kier alpha value is -2.99. The molecule has 2 heterocycles. The van der Waals surface area contributed by atoms with Crippen molar-refractivity contribution in [2.45, 2.75) is 37.2 Å². The summed E-state index contributed by atoms with van der Waals surface area (Å²) in [5, 5.41) is 14.0. The van der Waals surface area contributed by atoms with Crippen LogP contribution in [0.4, 0.5) is 5.82 Å². The summed E-state index contributed by atoms with van der Waals surface area (Å²) in [6.45, 7) is 0.897. The van der Waals surface area contributed by atoms with Crippen LogP contribution in [-0.2, 0) is 0 Å². The van der Waals surface area contributed by atoms with Crippen molar-refractivity contribution < 1.29 is 9.84 Å². The second-order valence-corrected chi connectivity index (χ2v) is 8.08. The van der Waals surface area contributed by atoms with Crippen molar-refractivity contribution in [1.82, 2.24) is 9.97 Å². The van der Waals surface area contributed by atoms with E-state index in [2.05, 4.69) is 40.6 Å². The second-order valence-electron chi connectivity index (χ2n) is 8.08. The maximum Gasteiger partial charge on any atom is 0.139 e. The molecular formula is C24H26N4O2. The van der Waals surface area contributed by atoms with Crippen molar-refractivity contribution in [3.8, 4) is 16.9 Å². The fraction of sp³-hybridized carbons (Fsp3) is 0.375. The molecule has 0 radical (unpaired) electrons. The van der Waals surface area contributed by atoms with Crippen LogP contribution in [0.15, 0.2) is 41.4 Å². The number of aliphatic hydroxyl groups is 1. The van der Waals surface area contributed by atoms with E-state index in [1.165, 1.54) is 0 Å². The lowest BCUT2D eigenvalue weighted by Crippen LogP contribution is -2.12. The second kappa shape index (κ2) is 7.69. The number of benzene rings is 2. The molecule has 1 saturated carbocycles. The van der Waals surface area contributed by atoms with Gasteiger partial charge in [0.25, 0.3) is 0 Å². The summed E-state index contributed by atoms with van der Waals surface area (Å²) in [5.74, 6) is 2.87. The van der Waals surface area contributed by atoms with Gasteiger partial charge in [-0.3, -0.25) is 4.99 Å². The minimum absolute atomic E-state index is 0.185. The predicted molar refractivity (Wildman–Crippen MR) is 120 cm³/mol. The molecule has 0 spiro atoms. The third-order valence-electron chi connectivity index (χ3n) is 6.09. The number of nitrogens with zero attached hydrogens (tertiary/aromatic N) is 3. The van der Waals surface area contributed by atoms with Gasteiger partial charge < -0.3 is 15.2 Å². The summed E-state index contributed by atoms with van der Waals surface area (Å²) in [6, 6.07) is 12.5. The molecule has 0 saturated heterocycles. The lowest BCUT2D eigenvalue weighted by molar-refractivity contribution is 0.270. The minimum atomic E-state index is -0.246. The third kappa shape index (κ3) is 3.41. The molecule has 6 heteroatoms. The van der Waals surface area contributed by atoms with Gasteiger partial charge in [-0.2, -0.15) is 0 Å². The number of methoxy groups -OCH3 is 1. The first kappa shape index (κ1) is 19.0. The summed E-state index contributed by atoms with van der Waals surface area (Å²) in [5.41, 5.74) is 4.15. The van der Waals surface area contributed by atoms with E-state index in [0.29, 0.717) is 0 Å². The fourth-order valence-electron chi connectivity index (χ4n) is 4.27. The van der Waals surface area contributed by atoms with Gasteiger partial charge in [0.05, 0.1) is 24.6 Å². The van der Waals surface area contributed by atoms with Gasteiger partial charge in [0.15, 0.2) is 0 Å². The van der Waals surface area contributed by atoms with E-state index in [0.717, 1.165) is 70.8 Å². The highest BCUT2D eigenvalue weighted by molar-refractivity contribution is 5.93. The molecule has 2 aromatic carbocycles. The van der Waals surface area contributed by atoms with E-state index in [1.54, 1.807) is 7.11 Å². The molecule has 1 fully saturated rings. The van der Waals surface area contributed by atoms with Gasteiger partial charge in [-0.1, -0.05) is 18.2 Å². The van der Waals surface area contributed by atoms with E-state index < -0.39 is 0 Å².